The molecule has 0 saturated heterocycles. The van der Waals surface area contributed by atoms with Gasteiger partial charge in [0.25, 0.3) is 0 Å². The summed E-state index contributed by atoms with van der Waals surface area (Å²) in [5, 5.41) is 21.6. The Labute approximate surface area is 123 Å². The first kappa shape index (κ1) is 15.3. The monoisotopic (exact) mass is 290 g/mol. The lowest BCUT2D eigenvalue weighted by molar-refractivity contribution is -0.150. The Hall–Kier alpha value is -2.09. The van der Waals surface area contributed by atoms with Gasteiger partial charge in [0.1, 0.15) is 11.9 Å². The fourth-order valence-electron chi connectivity index (χ4n) is 2.81. The number of aliphatic carboxylic acids is 1. The SMILES string of the molecule is CC1CCC(CNc2ccc(F)cc2C#N)(C(=O)O)CC1. The Kier molecular flexibility index (Phi) is 4.46. The minimum Gasteiger partial charge on any atom is -0.481 e. The Morgan fingerprint density at radius 3 is 2.76 bits per heavy atom. The van der Waals surface area contributed by atoms with E-state index in [1.165, 1.54) is 12.1 Å². The van der Waals surface area contributed by atoms with Crippen molar-refractivity contribution in [1.29, 1.82) is 5.26 Å². The van der Waals surface area contributed by atoms with Gasteiger partial charge in [-0.25, -0.2) is 4.39 Å². The van der Waals surface area contributed by atoms with Crippen molar-refractivity contribution in [2.45, 2.75) is 32.6 Å². The second-order valence-electron chi connectivity index (χ2n) is 5.92. The highest BCUT2D eigenvalue weighted by Gasteiger charge is 2.41. The summed E-state index contributed by atoms with van der Waals surface area (Å²) in [5.74, 6) is -0.725. The molecular formula is C16H19FN2O2. The number of hydrogen-bond acceptors (Lipinski definition) is 3. The Morgan fingerprint density at radius 1 is 1.52 bits per heavy atom. The Morgan fingerprint density at radius 2 is 2.19 bits per heavy atom. The molecule has 112 valence electrons. The van der Waals surface area contributed by atoms with Crippen molar-refractivity contribution in [3.8, 4) is 6.07 Å². The molecule has 0 radical (unpaired) electrons. The quantitative estimate of drug-likeness (QED) is 0.891. The number of anilines is 1. The van der Waals surface area contributed by atoms with Crippen LogP contribution in [0.4, 0.5) is 10.1 Å². The minimum absolute atomic E-state index is 0.194. The standard InChI is InChI=1S/C16H19FN2O2/c1-11-4-6-16(7-5-11,15(20)21)10-19-14-3-2-13(17)8-12(14)9-18/h2-3,8,11,19H,4-7,10H2,1H3,(H,20,21). The molecule has 0 aliphatic heterocycles. The summed E-state index contributed by atoms with van der Waals surface area (Å²) >= 11 is 0. The highest BCUT2D eigenvalue weighted by Crippen LogP contribution is 2.39. The number of benzene rings is 1. The van der Waals surface area contributed by atoms with Gasteiger partial charge in [0.2, 0.25) is 0 Å². The Bertz CT molecular complexity index is 572. The lowest BCUT2D eigenvalue weighted by Gasteiger charge is -2.36. The molecule has 5 heteroatoms. The molecule has 2 N–H and O–H groups in total. The maximum atomic E-state index is 13.1. The van der Waals surface area contributed by atoms with E-state index in [0.29, 0.717) is 24.4 Å². The topological polar surface area (TPSA) is 73.1 Å². The number of nitriles is 1. The molecule has 1 aliphatic carbocycles. The third-order valence-corrected chi connectivity index (χ3v) is 4.40. The summed E-state index contributed by atoms with van der Waals surface area (Å²) in [6, 6.07) is 5.82. The zero-order valence-corrected chi connectivity index (χ0v) is 12.0. The van der Waals surface area contributed by atoms with Crippen molar-refractivity contribution in [3.63, 3.8) is 0 Å². The maximum absolute atomic E-state index is 13.1. The van der Waals surface area contributed by atoms with Crippen LogP contribution in [0.3, 0.4) is 0 Å². The number of nitrogens with one attached hydrogen (secondary N) is 1. The second kappa shape index (κ2) is 6.13. The van der Waals surface area contributed by atoms with E-state index in [-0.39, 0.29) is 12.1 Å². The summed E-state index contributed by atoms with van der Waals surface area (Å²) in [6.45, 7) is 2.39. The fraction of sp³-hybridized carbons (Fsp3) is 0.500. The molecule has 0 bridgehead atoms. The van der Waals surface area contributed by atoms with Crippen LogP contribution in [0.2, 0.25) is 0 Å². The fourth-order valence-corrected chi connectivity index (χ4v) is 2.81. The van der Waals surface area contributed by atoms with E-state index in [1.807, 2.05) is 6.07 Å². The van der Waals surface area contributed by atoms with Crippen LogP contribution >= 0.6 is 0 Å². The van der Waals surface area contributed by atoms with Gasteiger partial charge in [-0.15, -0.1) is 0 Å². The average Bonchev–Trinajstić information content (AvgIpc) is 2.47. The average molecular weight is 290 g/mol. The van der Waals surface area contributed by atoms with E-state index >= 15 is 0 Å². The maximum Gasteiger partial charge on any atom is 0.311 e. The van der Waals surface area contributed by atoms with E-state index in [2.05, 4.69) is 12.2 Å². The normalized spacial score (nSPS) is 25.1. The molecule has 0 spiro atoms. The number of rotatable bonds is 4. The van der Waals surface area contributed by atoms with Gasteiger partial charge in [-0.3, -0.25) is 4.79 Å². The van der Waals surface area contributed by atoms with Gasteiger partial charge in [-0.05, 0) is 49.8 Å². The number of nitrogens with zero attached hydrogens (tertiary/aromatic N) is 1. The Balaban J connectivity index is 2.13. The molecule has 0 atom stereocenters. The molecule has 1 aliphatic rings. The molecule has 2 rings (SSSR count). The van der Waals surface area contributed by atoms with Crippen LogP contribution in [0, 0.1) is 28.5 Å². The molecule has 0 unspecified atom stereocenters. The summed E-state index contributed by atoms with van der Waals surface area (Å²) < 4.78 is 13.1. The first-order chi connectivity index (χ1) is 9.97. The number of halogens is 1. The van der Waals surface area contributed by atoms with Crippen molar-refractivity contribution >= 4 is 11.7 Å². The molecule has 1 aromatic rings. The molecule has 0 aromatic heterocycles. The second-order valence-corrected chi connectivity index (χ2v) is 5.92. The minimum atomic E-state index is -0.803. The van der Waals surface area contributed by atoms with Crippen LogP contribution in [0.25, 0.3) is 0 Å². The van der Waals surface area contributed by atoms with Crippen molar-refractivity contribution in [1.82, 2.24) is 0 Å². The summed E-state index contributed by atoms with van der Waals surface area (Å²) in [7, 11) is 0. The molecular weight excluding hydrogens is 271 g/mol. The van der Waals surface area contributed by atoms with Crippen LogP contribution < -0.4 is 5.32 Å². The van der Waals surface area contributed by atoms with Gasteiger partial charge < -0.3 is 10.4 Å². The van der Waals surface area contributed by atoms with Crippen LogP contribution in [0.5, 0.6) is 0 Å². The molecule has 1 aromatic carbocycles. The zero-order valence-electron chi connectivity index (χ0n) is 12.0. The van der Waals surface area contributed by atoms with Gasteiger partial charge in [0.15, 0.2) is 0 Å². The summed E-state index contributed by atoms with van der Waals surface area (Å²) in [5.41, 5.74) is -0.119. The van der Waals surface area contributed by atoms with Gasteiger partial charge >= 0.3 is 5.97 Å². The lowest BCUT2D eigenvalue weighted by atomic mass is 9.70. The van der Waals surface area contributed by atoms with Gasteiger partial charge in [0, 0.05) is 6.54 Å². The number of carboxylic acids is 1. The molecule has 0 amide bonds. The van der Waals surface area contributed by atoms with E-state index in [0.717, 1.165) is 18.9 Å². The summed E-state index contributed by atoms with van der Waals surface area (Å²) in [6.07, 6.45) is 3.03. The number of carbonyl (C=O) groups is 1. The van der Waals surface area contributed by atoms with E-state index in [1.54, 1.807) is 0 Å². The van der Waals surface area contributed by atoms with E-state index < -0.39 is 17.2 Å². The first-order valence-electron chi connectivity index (χ1n) is 7.14. The smallest absolute Gasteiger partial charge is 0.311 e. The largest absolute Gasteiger partial charge is 0.481 e. The van der Waals surface area contributed by atoms with Crippen molar-refractivity contribution in [2.75, 3.05) is 11.9 Å². The van der Waals surface area contributed by atoms with Crippen molar-refractivity contribution in [2.24, 2.45) is 11.3 Å². The zero-order chi connectivity index (χ0) is 15.5. The lowest BCUT2D eigenvalue weighted by Crippen LogP contribution is -2.41. The number of hydrogen-bond donors (Lipinski definition) is 2. The van der Waals surface area contributed by atoms with Crippen LogP contribution in [-0.2, 0) is 4.79 Å². The third kappa shape index (κ3) is 3.33. The summed E-state index contributed by atoms with van der Waals surface area (Å²) in [4.78, 5) is 11.6. The van der Waals surface area contributed by atoms with Crippen molar-refractivity contribution in [3.05, 3.63) is 29.6 Å². The van der Waals surface area contributed by atoms with Crippen LogP contribution in [0.15, 0.2) is 18.2 Å². The third-order valence-electron chi connectivity index (χ3n) is 4.40. The van der Waals surface area contributed by atoms with Crippen LogP contribution in [-0.4, -0.2) is 17.6 Å². The first-order valence-corrected chi connectivity index (χ1v) is 7.14. The molecule has 1 saturated carbocycles. The highest BCUT2D eigenvalue weighted by molar-refractivity contribution is 5.76. The van der Waals surface area contributed by atoms with Gasteiger partial charge in [-0.1, -0.05) is 6.92 Å². The van der Waals surface area contributed by atoms with E-state index in [9.17, 15) is 14.3 Å². The van der Waals surface area contributed by atoms with Gasteiger partial charge in [-0.2, -0.15) is 5.26 Å². The predicted octanol–water partition coefficient (Wildman–Crippen LogP) is 3.39. The molecule has 0 heterocycles. The van der Waals surface area contributed by atoms with Gasteiger partial charge in [0.05, 0.1) is 16.7 Å². The van der Waals surface area contributed by atoms with Crippen LogP contribution in [0.1, 0.15) is 38.2 Å². The highest BCUT2D eigenvalue weighted by atomic mass is 19.1. The molecule has 1 fully saturated rings. The van der Waals surface area contributed by atoms with Crippen molar-refractivity contribution < 1.29 is 14.3 Å². The predicted molar refractivity (Wildman–Crippen MR) is 77.3 cm³/mol. The van der Waals surface area contributed by atoms with E-state index in [4.69, 9.17) is 5.26 Å². The molecule has 21 heavy (non-hydrogen) atoms. The molecule has 4 nitrogen and oxygen atoms in total. The number of carboxylic acid groups (broad SMARTS) is 1.